The lowest BCUT2D eigenvalue weighted by atomic mass is 10.0. The van der Waals surface area contributed by atoms with E-state index in [1.807, 2.05) is 19.9 Å². The van der Waals surface area contributed by atoms with Crippen molar-refractivity contribution in [1.82, 2.24) is 4.98 Å². The van der Waals surface area contributed by atoms with E-state index in [1.165, 1.54) is 0 Å². The van der Waals surface area contributed by atoms with E-state index in [0.29, 0.717) is 6.42 Å². The summed E-state index contributed by atoms with van der Waals surface area (Å²) in [5.41, 5.74) is 9.03. The maximum absolute atomic E-state index is 8.74. The molecule has 0 aliphatic heterocycles. The van der Waals surface area contributed by atoms with Crippen LogP contribution in [0.15, 0.2) is 12.3 Å². The van der Waals surface area contributed by atoms with Crippen molar-refractivity contribution in [3.05, 3.63) is 29.1 Å². The van der Waals surface area contributed by atoms with Crippen molar-refractivity contribution in [3.63, 3.8) is 0 Å². The van der Waals surface area contributed by atoms with Crippen LogP contribution >= 0.6 is 0 Å². The number of aryl methyl sites for hydroxylation is 2. The number of rotatable bonds is 3. The predicted octanol–water partition coefficient (Wildman–Crippen LogP) is 1.08. The Hall–Kier alpha value is -0.930. The Morgan fingerprint density at radius 2 is 2.23 bits per heavy atom. The van der Waals surface area contributed by atoms with Gasteiger partial charge in [0.2, 0.25) is 0 Å². The maximum Gasteiger partial charge on any atom is 0.0449 e. The molecule has 72 valence electrons. The summed E-state index contributed by atoms with van der Waals surface area (Å²) in [6.07, 6.45) is 2.39. The highest BCUT2D eigenvalue weighted by Crippen LogP contribution is 2.17. The summed E-state index contributed by atoms with van der Waals surface area (Å²) >= 11 is 0. The standard InChI is InChI=1S/C10H16N2O/c1-7-5-8(2)12-6-9(7)10(11)3-4-13/h5-6,10,13H,3-4,11H2,1-2H3. The summed E-state index contributed by atoms with van der Waals surface area (Å²) in [5.74, 6) is 0. The number of hydrogen-bond acceptors (Lipinski definition) is 3. The highest BCUT2D eigenvalue weighted by Gasteiger charge is 2.08. The molecule has 0 amide bonds. The quantitative estimate of drug-likeness (QED) is 0.731. The van der Waals surface area contributed by atoms with Crippen molar-refractivity contribution >= 4 is 0 Å². The largest absolute Gasteiger partial charge is 0.396 e. The number of nitrogens with two attached hydrogens (primary N) is 1. The Labute approximate surface area is 78.6 Å². The first-order valence-corrected chi connectivity index (χ1v) is 4.44. The zero-order valence-electron chi connectivity index (χ0n) is 8.12. The van der Waals surface area contributed by atoms with E-state index in [4.69, 9.17) is 10.8 Å². The average Bonchev–Trinajstić information content (AvgIpc) is 2.04. The molecule has 0 aromatic carbocycles. The van der Waals surface area contributed by atoms with E-state index in [0.717, 1.165) is 16.8 Å². The Balaban J connectivity index is 2.88. The van der Waals surface area contributed by atoms with Gasteiger partial charge in [-0.3, -0.25) is 4.98 Å². The lowest BCUT2D eigenvalue weighted by Gasteiger charge is -2.12. The maximum atomic E-state index is 8.74. The first-order chi connectivity index (χ1) is 6.15. The summed E-state index contributed by atoms with van der Waals surface area (Å²) in [5, 5.41) is 8.74. The zero-order chi connectivity index (χ0) is 9.84. The molecule has 0 aliphatic carbocycles. The first kappa shape index (κ1) is 10.2. The average molecular weight is 180 g/mol. The normalized spacial score (nSPS) is 12.9. The van der Waals surface area contributed by atoms with Crippen LogP contribution in [0, 0.1) is 13.8 Å². The molecular formula is C10H16N2O. The van der Waals surface area contributed by atoms with Gasteiger partial charge in [-0.15, -0.1) is 0 Å². The molecule has 0 saturated carbocycles. The minimum absolute atomic E-state index is 0.0990. The van der Waals surface area contributed by atoms with E-state index in [2.05, 4.69) is 4.98 Å². The molecule has 0 spiro atoms. The number of hydrogen-bond donors (Lipinski definition) is 2. The molecule has 0 bridgehead atoms. The van der Waals surface area contributed by atoms with Crippen LogP contribution in [0.2, 0.25) is 0 Å². The van der Waals surface area contributed by atoms with Crippen molar-refractivity contribution in [2.45, 2.75) is 26.3 Å². The second-order valence-corrected chi connectivity index (χ2v) is 3.30. The first-order valence-electron chi connectivity index (χ1n) is 4.44. The second kappa shape index (κ2) is 4.35. The number of aliphatic hydroxyl groups is 1. The smallest absolute Gasteiger partial charge is 0.0449 e. The summed E-state index contributed by atoms with van der Waals surface area (Å²) < 4.78 is 0. The topological polar surface area (TPSA) is 59.1 Å². The van der Waals surface area contributed by atoms with Crippen molar-refractivity contribution < 1.29 is 5.11 Å². The fraction of sp³-hybridized carbons (Fsp3) is 0.500. The number of aliphatic hydroxyl groups excluding tert-OH is 1. The molecular weight excluding hydrogens is 164 g/mol. The van der Waals surface area contributed by atoms with E-state index < -0.39 is 0 Å². The van der Waals surface area contributed by atoms with Gasteiger partial charge in [0.05, 0.1) is 0 Å². The highest BCUT2D eigenvalue weighted by atomic mass is 16.3. The molecule has 1 aromatic rings. The van der Waals surface area contributed by atoms with Crippen molar-refractivity contribution in [2.75, 3.05) is 6.61 Å². The van der Waals surface area contributed by atoms with Crippen LogP contribution in [-0.4, -0.2) is 16.7 Å². The second-order valence-electron chi connectivity index (χ2n) is 3.30. The Morgan fingerprint density at radius 3 is 2.77 bits per heavy atom. The van der Waals surface area contributed by atoms with Gasteiger partial charge >= 0.3 is 0 Å². The Bertz CT molecular complexity index is 286. The molecule has 1 rings (SSSR count). The van der Waals surface area contributed by atoms with Crippen LogP contribution in [0.1, 0.15) is 29.3 Å². The fourth-order valence-corrected chi connectivity index (χ4v) is 1.39. The molecule has 1 aromatic heterocycles. The monoisotopic (exact) mass is 180 g/mol. The highest BCUT2D eigenvalue weighted by molar-refractivity contribution is 5.27. The molecule has 13 heavy (non-hydrogen) atoms. The molecule has 0 fully saturated rings. The van der Waals surface area contributed by atoms with E-state index >= 15 is 0 Å². The number of pyridine rings is 1. The van der Waals surface area contributed by atoms with Gasteiger partial charge in [-0.2, -0.15) is 0 Å². The SMILES string of the molecule is Cc1cc(C)c(C(N)CCO)cn1. The third-order valence-electron chi connectivity index (χ3n) is 2.13. The van der Waals surface area contributed by atoms with Gasteiger partial charge in [0.25, 0.3) is 0 Å². The van der Waals surface area contributed by atoms with Crippen molar-refractivity contribution in [3.8, 4) is 0 Å². The van der Waals surface area contributed by atoms with Gasteiger partial charge in [-0.25, -0.2) is 0 Å². The zero-order valence-corrected chi connectivity index (χ0v) is 8.12. The molecule has 3 nitrogen and oxygen atoms in total. The van der Waals surface area contributed by atoms with Crippen molar-refractivity contribution in [2.24, 2.45) is 5.73 Å². The molecule has 0 radical (unpaired) electrons. The molecule has 1 heterocycles. The number of aromatic nitrogens is 1. The Kier molecular flexibility index (Phi) is 3.39. The minimum Gasteiger partial charge on any atom is -0.396 e. The summed E-state index contributed by atoms with van der Waals surface area (Å²) in [4.78, 5) is 4.18. The Morgan fingerprint density at radius 1 is 1.54 bits per heavy atom. The van der Waals surface area contributed by atoms with E-state index in [-0.39, 0.29) is 12.6 Å². The van der Waals surface area contributed by atoms with Gasteiger partial charge in [0.15, 0.2) is 0 Å². The van der Waals surface area contributed by atoms with Crippen LogP contribution < -0.4 is 5.73 Å². The van der Waals surface area contributed by atoms with Crippen molar-refractivity contribution in [1.29, 1.82) is 0 Å². The molecule has 1 atom stereocenters. The number of nitrogens with zero attached hydrogens (tertiary/aromatic N) is 1. The lowest BCUT2D eigenvalue weighted by Crippen LogP contribution is -2.13. The van der Waals surface area contributed by atoms with Crippen LogP contribution in [0.4, 0.5) is 0 Å². The fourth-order valence-electron chi connectivity index (χ4n) is 1.39. The van der Waals surface area contributed by atoms with Crippen LogP contribution in [-0.2, 0) is 0 Å². The lowest BCUT2D eigenvalue weighted by molar-refractivity contribution is 0.276. The van der Waals surface area contributed by atoms with Gasteiger partial charge in [-0.05, 0) is 37.5 Å². The van der Waals surface area contributed by atoms with Gasteiger partial charge in [0.1, 0.15) is 0 Å². The molecule has 3 heteroatoms. The summed E-state index contributed by atoms with van der Waals surface area (Å²) in [6, 6.07) is 1.91. The van der Waals surface area contributed by atoms with E-state index in [9.17, 15) is 0 Å². The third-order valence-corrected chi connectivity index (χ3v) is 2.13. The van der Waals surface area contributed by atoms with E-state index in [1.54, 1.807) is 6.20 Å². The minimum atomic E-state index is -0.0990. The summed E-state index contributed by atoms with van der Waals surface area (Å²) in [6.45, 7) is 4.09. The van der Waals surface area contributed by atoms with Gasteiger partial charge < -0.3 is 10.8 Å². The third kappa shape index (κ3) is 2.50. The summed E-state index contributed by atoms with van der Waals surface area (Å²) in [7, 11) is 0. The predicted molar refractivity (Wildman–Crippen MR) is 52.3 cm³/mol. The van der Waals surface area contributed by atoms with Gasteiger partial charge in [0, 0.05) is 24.5 Å². The van der Waals surface area contributed by atoms with Crippen LogP contribution in [0.5, 0.6) is 0 Å². The molecule has 3 N–H and O–H groups in total. The van der Waals surface area contributed by atoms with Gasteiger partial charge in [-0.1, -0.05) is 0 Å². The van der Waals surface area contributed by atoms with Crippen LogP contribution in [0.25, 0.3) is 0 Å². The molecule has 1 unspecified atom stereocenters. The molecule has 0 saturated heterocycles. The molecule has 0 aliphatic rings. The van der Waals surface area contributed by atoms with Crippen LogP contribution in [0.3, 0.4) is 0 Å².